The van der Waals surface area contributed by atoms with E-state index in [0.29, 0.717) is 0 Å². The topological polar surface area (TPSA) is 17.8 Å². The number of para-hydroxylation sites is 2. The summed E-state index contributed by atoms with van der Waals surface area (Å²) in [5, 5.41) is 15.0. The van der Waals surface area contributed by atoms with Crippen molar-refractivity contribution in [2.24, 2.45) is 0 Å². The lowest BCUT2D eigenvalue weighted by atomic mass is 9.82. The molecule has 0 amide bonds. The van der Waals surface area contributed by atoms with Crippen LogP contribution in [0.25, 0.3) is 115 Å². The minimum Gasteiger partial charge on any atom is -0.296 e. The van der Waals surface area contributed by atoms with Crippen LogP contribution in [0.2, 0.25) is 0 Å². The Morgan fingerprint density at radius 2 is 0.983 bits per heavy atom. The number of aromatic nitrogens is 2. The van der Waals surface area contributed by atoms with Crippen molar-refractivity contribution in [1.29, 1.82) is 0 Å². The summed E-state index contributed by atoms with van der Waals surface area (Å²) in [6.07, 6.45) is 0.838. The first-order valence-corrected chi connectivity index (χ1v) is 20.6. The molecule has 1 aromatic heterocycles. The van der Waals surface area contributed by atoms with Crippen LogP contribution in [0.5, 0.6) is 0 Å². The number of hydrogen-bond donors (Lipinski definition) is 0. The third kappa shape index (κ3) is 5.10. The summed E-state index contributed by atoms with van der Waals surface area (Å²) in [5.41, 5.74) is 10.7. The summed E-state index contributed by atoms with van der Waals surface area (Å²) in [6, 6.07) is 73.9. The summed E-state index contributed by atoms with van der Waals surface area (Å²) in [4.78, 5) is 5.07. The van der Waals surface area contributed by atoms with Gasteiger partial charge in [0.1, 0.15) is 5.82 Å². The molecule has 0 aliphatic carbocycles. The highest BCUT2D eigenvalue weighted by atomic mass is 15.1. The van der Waals surface area contributed by atoms with Crippen LogP contribution in [0.15, 0.2) is 200 Å². The molecule has 12 rings (SSSR count). The van der Waals surface area contributed by atoms with E-state index >= 15 is 0 Å². The second-order valence-electron chi connectivity index (χ2n) is 15.7. The monoisotopic (exact) mass is 750 g/mol. The van der Waals surface area contributed by atoms with Gasteiger partial charge in [0.05, 0.1) is 16.7 Å². The molecule has 0 saturated heterocycles. The third-order valence-electron chi connectivity index (χ3n) is 12.5. The Kier molecular flexibility index (Phi) is 7.55. The van der Waals surface area contributed by atoms with Gasteiger partial charge in [-0.2, -0.15) is 0 Å². The Balaban J connectivity index is 1.21. The van der Waals surface area contributed by atoms with Crippen molar-refractivity contribution < 1.29 is 0 Å². The lowest BCUT2D eigenvalue weighted by molar-refractivity contribution is 0.913. The zero-order valence-corrected chi connectivity index (χ0v) is 32.7. The van der Waals surface area contributed by atoms with Crippen molar-refractivity contribution in [1.82, 2.24) is 9.55 Å². The van der Waals surface area contributed by atoms with Crippen LogP contribution >= 0.6 is 0 Å². The molecule has 1 heterocycles. The van der Waals surface area contributed by atoms with E-state index in [1.807, 2.05) is 0 Å². The van der Waals surface area contributed by atoms with E-state index in [9.17, 15) is 0 Å². The van der Waals surface area contributed by atoms with Gasteiger partial charge in [0.25, 0.3) is 0 Å². The highest BCUT2D eigenvalue weighted by Crippen LogP contribution is 2.49. The normalized spacial score (nSPS) is 11.9. The largest absolute Gasteiger partial charge is 0.296 e. The predicted molar refractivity (Wildman–Crippen MR) is 252 cm³/mol. The second-order valence-corrected chi connectivity index (χ2v) is 15.7. The number of hydrogen-bond acceptors (Lipinski definition) is 1. The van der Waals surface area contributed by atoms with E-state index in [4.69, 9.17) is 4.98 Å². The molecule has 276 valence electrons. The van der Waals surface area contributed by atoms with E-state index in [2.05, 4.69) is 212 Å². The van der Waals surface area contributed by atoms with Crippen molar-refractivity contribution >= 4 is 75.7 Å². The Hall–Kier alpha value is -7.55. The fourth-order valence-electron chi connectivity index (χ4n) is 9.93. The van der Waals surface area contributed by atoms with Gasteiger partial charge in [0.15, 0.2) is 0 Å². The molecule has 0 fully saturated rings. The molecule has 12 aromatic rings. The summed E-state index contributed by atoms with van der Waals surface area (Å²) < 4.78 is 2.36. The first kappa shape index (κ1) is 33.6. The summed E-state index contributed by atoms with van der Waals surface area (Å²) in [6.45, 7) is 2.19. The molecule has 0 N–H and O–H groups in total. The Labute approximate surface area is 342 Å². The maximum absolute atomic E-state index is 5.07. The molecule has 0 saturated carbocycles. The van der Waals surface area contributed by atoms with Crippen LogP contribution in [0.3, 0.4) is 0 Å². The Morgan fingerprint density at radius 1 is 0.390 bits per heavy atom. The van der Waals surface area contributed by atoms with Gasteiger partial charge in [-0.1, -0.05) is 177 Å². The van der Waals surface area contributed by atoms with Gasteiger partial charge in [0.2, 0.25) is 0 Å². The maximum Gasteiger partial charge on any atom is 0.114 e. The third-order valence-corrected chi connectivity index (χ3v) is 12.5. The molecule has 0 unspecified atom stereocenters. The first-order valence-electron chi connectivity index (χ1n) is 20.6. The van der Waals surface area contributed by atoms with E-state index in [1.165, 1.54) is 98.0 Å². The molecule has 0 aliphatic rings. The molecule has 0 radical (unpaired) electrons. The molecule has 2 nitrogen and oxygen atoms in total. The molecule has 59 heavy (non-hydrogen) atoms. The fraction of sp³-hybridized carbons (Fsp3) is 0.0351. The first-order chi connectivity index (χ1) is 29.2. The van der Waals surface area contributed by atoms with E-state index in [-0.39, 0.29) is 0 Å². The molecular weight excluding hydrogens is 713 g/mol. The maximum atomic E-state index is 5.07. The SMILES string of the molecule is CCc1nc2ccccc2n1-c1ccc(-c2c3ccccc3c(-c3cc4ccc5ccccc5c4c4ccccc34)c3cc(-c4ccccc4)ccc23)c2ccccc12. The highest BCUT2D eigenvalue weighted by Gasteiger charge is 2.23. The average Bonchev–Trinajstić information content (AvgIpc) is 3.69. The minimum absolute atomic E-state index is 0.838. The van der Waals surface area contributed by atoms with Crippen LogP contribution in [-0.4, -0.2) is 9.55 Å². The van der Waals surface area contributed by atoms with Gasteiger partial charge < -0.3 is 0 Å². The number of nitrogens with zero attached hydrogens (tertiary/aromatic N) is 2. The van der Waals surface area contributed by atoms with Crippen LogP contribution in [0.4, 0.5) is 0 Å². The highest BCUT2D eigenvalue weighted by molar-refractivity contribution is 6.29. The average molecular weight is 751 g/mol. The smallest absolute Gasteiger partial charge is 0.114 e. The zero-order valence-electron chi connectivity index (χ0n) is 32.7. The van der Waals surface area contributed by atoms with Gasteiger partial charge in [-0.3, -0.25) is 4.57 Å². The molecule has 11 aromatic carbocycles. The number of imidazole rings is 1. The summed E-state index contributed by atoms with van der Waals surface area (Å²) >= 11 is 0. The van der Waals surface area contributed by atoms with Crippen molar-refractivity contribution in [3.05, 3.63) is 206 Å². The fourth-order valence-corrected chi connectivity index (χ4v) is 9.93. The van der Waals surface area contributed by atoms with E-state index in [0.717, 1.165) is 29.0 Å². The Bertz CT molecular complexity index is 3650. The van der Waals surface area contributed by atoms with Crippen molar-refractivity contribution in [3.63, 3.8) is 0 Å². The van der Waals surface area contributed by atoms with Crippen LogP contribution < -0.4 is 0 Å². The van der Waals surface area contributed by atoms with Gasteiger partial charge in [-0.25, -0.2) is 4.98 Å². The standard InChI is InChI=1S/C57H38N2/c1-2-54-58-51-26-14-15-27-53(51)59(54)52-33-32-47(41-20-8-10-22-43(41)52)56-45-24-12-13-25-46(45)57(50-34-38(30-31-48(50)56)36-16-4-3-5-17-36)49-35-39-29-28-37-18-6-7-19-40(37)55(39)44-23-11-9-21-42(44)49/h3-35H,2H2,1H3. The molecule has 0 bridgehead atoms. The molecule has 0 aliphatic heterocycles. The van der Waals surface area contributed by atoms with E-state index < -0.39 is 0 Å². The molecular formula is C57H38N2. The van der Waals surface area contributed by atoms with E-state index in [1.54, 1.807) is 0 Å². The minimum atomic E-state index is 0.838. The number of aryl methyl sites for hydroxylation is 1. The van der Waals surface area contributed by atoms with Gasteiger partial charge in [-0.05, 0) is 123 Å². The predicted octanol–water partition coefficient (Wildman–Crippen LogP) is 15.5. The number of fused-ring (bicyclic) bond motifs is 9. The number of benzene rings is 11. The van der Waals surface area contributed by atoms with Gasteiger partial charge in [-0.15, -0.1) is 0 Å². The van der Waals surface area contributed by atoms with Gasteiger partial charge in [0, 0.05) is 11.8 Å². The second kappa shape index (κ2) is 13.3. The quantitative estimate of drug-likeness (QED) is 0.127. The zero-order chi connectivity index (χ0) is 39.0. The molecule has 0 spiro atoms. The van der Waals surface area contributed by atoms with Crippen LogP contribution in [0, 0.1) is 0 Å². The Morgan fingerprint density at radius 3 is 1.76 bits per heavy atom. The van der Waals surface area contributed by atoms with Crippen molar-refractivity contribution in [2.75, 3.05) is 0 Å². The molecule has 0 atom stereocenters. The van der Waals surface area contributed by atoms with Crippen molar-refractivity contribution in [2.45, 2.75) is 13.3 Å². The van der Waals surface area contributed by atoms with Crippen LogP contribution in [0.1, 0.15) is 12.7 Å². The lowest BCUT2D eigenvalue weighted by Gasteiger charge is -2.22. The summed E-state index contributed by atoms with van der Waals surface area (Å²) in [5.74, 6) is 1.06. The lowest BCUT2D eigenvalue weighted by Crippen LogP contribution is -2.01. The molecule has 2 heteroatoms. The van der Waals surface area contributed by atoms with Gasteiger partial charge >= 0.3 is 0 Å². The van der Waals surface area contributed by atoms with Crippen LogP contribution in [-0.2, 0) is 6.42 Å². The summed E-state index contributed by atoms with van der Waals surface area (Å²) in [7, 11) is 0. The number of rotatable bonds is 5. The van der Waals surface area contributed by atoms with Crippen molar-refractivity contribution in [3.8, 4) is 39.1 Å².